The summed E-state index contributed by atoms with van der Waals surface area (Å²) in [6.07, 6.45) is 6.34. The maximum Gasteiger partial charge on any atom is 0.0488 e. The molecule has 1 aliphatic rings. The minimum absolute atomic E-state index is 0.409. The van der Waals surface area contributed by atoms with Gasteiger partial charge in [-0.25, -0.2) is 0 Å². The maximum atomic E-state index is 6.27. The first-order chi connectivity index (χ1) is 6.70. The van der Waals surface area contributed by atoms with Crippen LogP contribution in [0.4, 0.5) is 0 Å². The van der Waals surface area contributed by atoms with Gasteiger partial charge in [-0.15, -0.1) is 11.6 Å². The Balaban J connectivity index is 2.04. The molecule has 1 saturated carbocycles. The zero-order valence-electron chi connectivity index (χ0n) is 9.47. The number of hydrogen-bond donors (Lipinski definition) is 0. The lowest BCUT2D eigenvalue weighted by Gasteiger charge is -2.26. The van der Waals surface area contributed by atoms with Gasteiger partial charge >= 0.3 is 0 Å². The Morgan fingerprint density at radius 2 is 2.00 bits per heavy atom. The minimum atomic E-state index is 0.409. The molecule has 2 heteroatoms. The van der Waals surface area contributed by atoms with E-state index in [0.717, 1.165) is 19.6 Å². The molecule has 0 N–H and O–H groups in total. The van der Waals surface area contributed by atoms with E-state index in [0.29, 0.717) is 17.2 Å². The van der Waals surface area contributed by atoms with Crippen molar-refractivity contribution in [1.82, 2.24) is 0 Å². The fourth-order valence-electron chi connectivity index (χ4n) is 2.04. The molecular formula is C12H23ClO. The zero-order chi connectivity index (χ0) is 10.4. The average molecular weight is 219 g/mol. The number of hydrogen-bond acceptors (Lipinski definition) is 1. The first-order valence-electron chi connectivity index (χ1n) is 5.92. The molecule has 0 spiro atoms. The predicted molar refractivity (Wildman–Crippen MR) is 61.9 cm³/mol. The van der Waals surface area contributed by atoms with Gasteiger partial charge in [0, 0.05) is 18.6 Å². The van der Waals surface area contributed by atoms with Crippen molar-refractivity contribution in [1.29, 1.82) is 0 Å². The minimum Gasteiger partial charge on any atom is -0.381 e. The molecule has 1 aliphatic carbocycles. The van der Waals surface area contributed by atoms with E-state index in [1.807, 2.05) is 0 Å². The first-order valence-corrected chi connectivity index (χ1v) is 6.35. The van der Waals surface area contributed by atoms with Gasteiger partial charge in [0.25, 0.3) is 0 Å². The van der Waals surface area contributed by atoms with Crippen LogP contribution in [0.15, 0.2) is 0 Å². The van der Waals surface area contributed by atoms with Gasteiger partial charge in [-0.3, -0.25) is 0 Å². The lowest BCUT2D eigenvalue weighted by atomic mass is 9.87. The zero-order valence-corrected chi connectivity index (χ0v) is 10.2. The van der Waals surface area contributed by atoms with Crippen molar-refractivity contribution in [3.8, 4) is 0 Å². The van der Waals surface area contributed by atoms with Crippen LogP contribution in [0, 0.1) is 11.8 Å². The Morgan fingerprint density at radius 1 is 1.29 bits per heavy atom. The predicted octanol–water partition coefficient (Wildman–Crippen LogP) is 3.85. The topological polar surface area (TPSA) is 9.23 Å². The average Bonchev–Trinajstić information content (AvgIpc) is 2.15. The molecule has 1 nitrogen and oxygen atoms in total. The molecule has 84 valence electrons. The van der Waals surface area contributed by atoms with Crippen molar-refractivity contribution in [3.63, 3.8) is 0 Å². The molecule has 0 saturated heterocycles. The molecule has 0 radical (unpaired) electrons. The lowest BCUT2D eigenvalue weighted by molar-refractivity contribution is 0.0937. The van der Waals surface area contributed by atoms with E-state index < -0.39 is 0 Å². The Morgan fingerprint density at radius 3 is 2.64 bits per heavy atom. The SMILES string of the molecule is CC(C)COCCC1CCCCC1Cl. The lowest BCUT2D eigenvalue weighted by Crippen LogP contribution is -2.21. The normalized spacial score (nSPS) is 28.3. The summed E-state index contributed by atoms with van der Waals surface area (Å²) in [5, 5.41) is 0.409. The monoisotopic (exact) mass is 218 g/mol. The Labute approximate surface area is 93.2 Å². The van der Waals surface area contributed by atoms with Crippen molar-refractivity contribution >= 4 is 11.6 Å². The summed E-state index contributed by atoms with van der Waals surface area (Å²) in [4.78, 5) is 0. The van der Waals surface area contributed by atoms with Crippen LogP contribution in [0.3, 0.4) is 0 Å². The van der Waals surface area contributed by atoms with Crippen LogP contribution in [0.1, 0.15) is 46.0 Å². The molecule has 0 aromatic carbocycles. The third-order valence-corrected chi connectivity index (χ3v) is 3.48. The van der Waals surface area contributed by atoms with Gasteiger partial charge in [-0.2, -0.15) is 0 Å². The van der Waals surface area contributed by atoms with Crippen molar-refractivity contribution in [2.75, 3.05) is 13.2 Å². The fourth-order valence-corrected chi connectivity index (χ4v) is 2.45. The first kappa shape index (κ1) is 12.3. The molecular weight excluding hydrogens is 196 g/mol. The highest BCUT2D eigenvalue weighted by Gasteiger charge is 2.22. The molecule has 0 aromatic heterocycles. The second-order valence-electron chi connectivity index (χ2n) is 4.82. The smallest absolute Gasteiger partial charge is 0.0488 e. The van der Waals surface area contributed by atoms with Gasteiger partial charge in [0.15, 0.2) is 0 Å². The van der Waals surface area contributed by atoms with Crippen molar-refractivity contribution < 1.29 is 4.74 Å². The third kappa shape index (κ3) is 4.65. The van der Waals surface area contributed by atoms with Crippen LogP contribution in [-0.4, -0.2) is 18.6 Å². The number of ether oxygens (including phenoxy) is 1. The summed E-state index contributed by atoms with van der Waals surface area (Å²) in [6.45, 7) is 6.15. The van der Waals surface area contributed by atoms with E-state index in [2.05, 4.69) is 13.8 Å². The molecule has 0 heterocycles. The number of halogens is 1. The molecule has 2 atom stereocenters. The number of alkyl halides is 1. The van der Waals surface area contributed by atoms with E-state index in [1.165, 1.54) is 25.7 Å². The maximum absolute atomic E-state index is 6.27. The molecule has 1 fully saturated rings. The summed E-state index contributed by atoms with van der Waals surface area (Å²) in [5.41, 5.74) is 0. The van der Waals surface area contributed by atoms with E-state index in [4.69, 9.17) is 16.3 Å². The molecule has 0 aromatic rings. The van der Waals surface area contributed by atoms with Gasteiger partial charge in [0.05, 0.1) is 0 Å². The second-order valence-corrected chi connectivity index (χ2v) is 5.38. The molecule has 14 heavy (non-hydrogen) atoms. The summed E-state index contributed by atoms with van der Waals surface area (Å²) in [5.74, 6) is 1.35. The van der Waals surface area contributed by atoms with Gasteiger partial charge in [-0.05, 0) is 31.1 Å². The Hall–Kier alpha value is 0.250. The summed E-state index contributed by atoms with van der Waals surface area (Å²) >= 11 is 6.27. The van der Waals surface area contributed by atoms with Crippen molar-refractivity contribution in [2.24, 2.45) is 11.8 Å². The Bertz CT molecular complexity index is 147. The van der Waals surface area contributed by atoms with E-state index >= 15 is 0 Å². The van der Waals surface area contributed by atoms with E-state index in [1.54, 1.807) is 0 Å². The number of rotatable bonds is 5. The van der Waals surface area contributed by atoms with Crippen LogP contribution in [0.2, 0.25) is 0 Å². The van der Waals surface area contributed by atoms with Gasteiger partial charge in [0.1, 0.15) is 0 Å². The van der Waals surface area contributed by atoms with Crippen molar-refractivity contribution in [3.05, 3.63) is 0 Å². The Kier molecular flexibility index (Phi) is 5.88. The van der Waals surface area contributed by atoms with Gasteiger partial charge < -0.3 is 4.74 Å². The molecule has 2 unspecified atom stereocenters. The largest absolute Gasteiger partial charge is 0.381 e. The summed E-state index contributed by atoms with van der Waals surface area (Å²) < 4.78 is 5.59. The molecule has 1 rings (SSSR count). The van der Waals surface area contributed by atoms with Crippen LogP contribution in [0.5, 0.6) is 0 Å². The van der Waals surface area contributed by atoms with E-state index in [-0.39, 0.29) is 0 Å². The molecule has 0 amide bonds. The summed E-state index contributed by atoms with van der Waals surface area (Å²) in [7, 11) is 0. The van der Waals surface area contributed by atoms with Crippen molar-refractivity contribution in [2.45, 2.75) is 51.3 Å². The van der Waals surface area contributed by atoms with Gasteiger partial charge in [0.2, 0.25) is 0 Å². The van der Waals surface area contributed by atoms with Crippen LogP contribution in [0.25, 0.3) is 0 Å². The van der Waals surface area contributed by atoms with Crippen LogP contribution < -0.4 is 0 Å². The van der Waals surface area contributed by atoms with Crippen LogP contribution >= 0.6 is 11.6 Å². The quantitative estimate of drug-likeness (QED) is 0.503. The highest BCUT2D eigenvalue weighted by molar-refractivity contribution is 6.20. The summed E-state index contributed by atoms with van der Waals surface area (Å²) in [6, 6.07) is 0. The molecule has 0 bridgehead atoms. The second kappa shape index (κ2) is 6.68. The van der Waals surface area contributed by atoms with Gasteiger partial charge in [-0.1, -0.05) is 26.7 Å². The fraction of sp³-hybridized carbons (Fsp3) is 1.00. The molecule has 0 aliphatic heterocycles. The van der Waals surface area contributed by atoms with Crippen LogP contribution in [-0.2, 0) is 4.74 Å². The standard InChI is InChI=1S/C12H23ClO/c1-10(2)9-14-8-7-11-5-3-4-6-12(11)13/h10-12H,3-9H2,1-2H3. The highest BCUT2D eigenvalue weighted by atomic mass is 35.5. The highest BCUT2D eigenvalue weighted by Crippen LogP contribution is 2.30. The van der Waals surface area contributed by atoms with E-state index in [9.17, 15) is 0 Å². The third-order valence-electron chi connectivity index (χ3n) is 2.90.